The fourth-order valence-corrected chi connectivity index (χ4v) is 1.89. The van der Waals surface area contributed by atoms with Crippen LogP contribution in [0.15, 0.2) is 28.7 Å². The van der Waals surface area contributed by atoms with Crippen LogP contribution in [0.4, 0.5) is 10.1 Å². The van der Waals surface area contributed by atoms with Crippen molar-refractivity contribution in [3.63, 3.8) is 0 Å². The summed E-state index contributed by atoms with van der Waals surface area (Å²) in [6, 6.07) is 6.54. The summed E-state index contributed by atoms with van der Waals surface area (Å²) in [5.74, 6) is 0.265. The summed E-state index contributed by atoms with van der Waals surface area (Å²) in [4.78, 5) is 11.5. The van der Waals surface area contributed by atoms with Gasteiger partial charge < -0.3 is 14.5 Å². The summed E-state index contributed by atoms with van der Waals surface area (Å²) in [6.07, 6.45) is 0. The summed E-state index contributed by atoms with van der Waals surface area (Å²) in [7, 11) is 1.31. The van der Waals surface area contributed by atoms with Gasteiger partial charge in [0.15, 0.2) is 0 Å². The molecule has 0 amide bonds. The highest BCUT2D eigenvalue weighted by Gasteiger charge is 2.15. The van der Waals surface area contributed by atoms with Gasteiger partial charge in [0, 0.05) is 0 Å². The number of methoxy groups -OCH3 is 1. The van der Waals surface area contributed by atoms with Crippen molar-refractivity contribution < 1.29 is 18.3 Å². The molecule has 0 saturated heterocycles. The molecule has 1 aromatic heterocycles. The zero-order valence-corrected chi connectivity index (χ0v) is 11.6. The van der Waals surface area contributed by atoms with E-state index in [0.717, 1.165) is 5.56 Å². The first-order chi connectivity index (χ1) is 9.51. The first kappa shape index (κ1) is 14.1. The normalized spacial score (nSPS) is 10.4. The van der Waals surface area contributed by atoms with E-state index in [2.05, 4.69) is 10.1 Å². The van der Waals surface area contributed by atoms with Crippen LogP contribution in [0.3, 0.4) is 0 Å². The smallest absolute Gasteiger partial charge is 0.341 e. The van der Waals surface area contributed by atoms with Gasteiger partial charge in [-0.15, -0.1) is 0 Å². The van der Waals surface area contributed by atoms with Gasteiger partial charge >= 0.3 is 5.97 Å². The van der Waals surface area contributed by atoms with Crippen LogP contribution in [0.2, 0.25) is 0 Å². The van der Waals surface area contributed by atoms with Gasteiger partial charge in [-0.05, 0) is 37.6 Å². The molecule has 1 N–H and O–H groups in total. The van der Waals surface area contributed by atoms with Gasteiger partial charge in [-0.25, -0.2) is 9.18 Å². The maximum Gasteiger partial charge on any atom is 0.341 e. The number of halogens is 1. The van der Waals surface area contributed by atoms with Crippen LogP contribution < -0.4 is 5.32 Å². The van der Waals surface area contributed by atoms with Crippen LogP contribution in [-0.2, 0) is 11.3 Å². The van der Waals surface area contributed by atoms with Crippen molar-refractivity contribution in [3.05, 3.63) is 52.7 Å². The molecule has 0 radical (unpaired) electrons. The molecular weight excluding hydrogens is 261 g/mol. The second kappa shape index (κ2) is 5.77. The van der Waals surface area contributed by atoms with Gasteiger partial charge in [-0.2, -0.15) is 0 Å². The number of carbonyl (C=O) groups excluding carboxylic acids is 1. The molecule has 0 unspecified atom stereocenters. The highest BCUT2D eigenvalue weighted by molar-refractivity contribution is 5.90. The Kier molecular flexibility index (Phi) is 4.08. The van der Waals surface area contributed by atoms with Crippen molar-refractivity contribution in [2.45, 2.75) is 20.4 Å². The Morgan fingerprint density at radius 3 is 2.75 bits per heavy atom. The van der Waals surface area contributed by atoms with Gasteiger partial charge in [-0.3, -0.25) is 0 Å². The maximum absolute atomic E-state index is 13.7. The van der Waals surface area contributed by atoms with Crippen molar-refractivity contribution in [1.29, 1.82) is 0 Å². The van der Waals surface area contributed by atoms with Gasteiger partial charge in [-0.1, -0.05) is 6.07 Å². The van der Waals surface area contributed by atoms with E-state index in [-0.39, 0.29) is 12.4 Å². The quantitative estimate of drug-likeness (QED) is 0.870. The Labute approximate surface area is 116 Å². The largest absolute Gasteiger partial charge is 0.465 e. The van der Waals surface area contributed by atoms with Crippen molar-refractivity contribution in [2.24, 2.45) is 0 Å². The van der Waals surface area contributed by atoms with E-state index in [1.54, 1.807) is 19.1 Å². The van der Waals surface area contributed by atoms with Gasteiger partial charge in [0.2, 0.25) is 0 Å². The third kappa shape index (κ3) is 2.99. The lowest BCUT2D eigenvalue weighted by molar-refractivity contribution is 0.0599. The fraction of sp³-hybridized carbons (Fsp3) is 0.267. The standard InChI is InChI=1S/C15H16FNO3/c1-9-4-5-14(13(16)6-9)17-8-11-7-12(10(2)20-11)15(18)19-3/h4-7,17H,8H2,1-3H3. The second-order valence-corrected chi connectivity index (χ2v) is 4.51. The number of benzene rings is 1. The molecule has 0 saturated carbocycles. The summed E-state index contributed by atoms with van der Waals surface area (Å²) in [6.45, 7) is 3.80. The Balaban J connectivity index is 2.09. The molecule has 106 valence electrons. The summed E-state index contributed by atoms with van der Waals surface area (Å²) in [5, 5.41) is 2.93. The number of furan rings is 1. The van der Waals surface area contributed by atoms with E-state index in [0.29, 0.717) is 22.8 Å². The lowest BCUT2D eigenvalue weighted by Gasteiger charge is -2.06. The lowest BCUT2D eigenvalue weighted by Crippen LogP contribution is -2.02. The van der Waals surface area contributed by atoms with E-state index in [4.69, 9.17) is 4.42 Å². The van der Waals surface area contributed by atoms with Crippen LogP contribution in [0.1, 0.15) is 27.4 Å². The van der Waals surface area contributed by atoms with E-state index in [1.807, 2.05) is 13.0 Å². The molecular formula is C15H16FNO3. The zero-order chi connectivity index (χ0) is 14.7. The predicted molar refractivity (Wildman–Crippen MR) is 73.2 cm³/mol. The number of anilines is 1. The number of rotatable bonds is 4. The summed E-state index contributed by atoms with van der Waals surface area (Å²) >= 11 is 0. The fourth-order valence-electron chi connectivity index (χ4n) is 1.89. The second-order valence-electron chi connectivity index (χ2n) is 4.51. The minimum atomic E-state index is -0.445. The summed E-state index contributed by atoms with van der Waals surface area (Å²) in [5.41, 5.74) is 1.63. The molecule has 20 heavy (non-hydrogen) atoms. The van der Waals surface area contributed by atoms with Crippen molar-refractivity contribution in [2.75, 3.05) is 12.4 Å². The number of hydrogen-bond donors (Lipinski definition) is 1. The molecule has 4 nitrogen and oxygen atoms in total. The highest BCUT2D eigenvalue weighted by Crippen LogP contribution is 2.19. The van der Waals surface area contributed by atoms with Gasteiger partial charge in [0.25, 0.3) is 0 Å². The molecule has 2 rings (SSSR count). The number of nitrogens with one attached hydrogen (secondary N) is 1. The summed E-state index contributed by atoms with van der Waals surface area (Å²) < 4.78 is 23.7. The molecule has 5 heteroatoms. The first-order valence-corrected chi connectivity index (χ1v) is 6.19. The monoisotopic (exact) mass is 277 g/mol. The van der Waals surface area contributed by atoms with Crippen molar-refractivity contribution in [1.82, 2.24) is 0 Å². The molecule has 0 bridgehead atoms. The third-order valence-corrected chi connectivity index (χ3v) is 2.95. The average molecular weight is 277 g/mol. The van der Waals surface area contributed by atoms with Crippen molar-refractivity contribution in [3.8, 4) is 0 Å². The molecule has 1 aromatic carbocycles. The van der Waals surface area contributed by atoms with E-state index in [1.165, 1.54) is 13.2 Å². The lowest BCUT2D eigenvalue weighted by atomic mass is 10.2. The number of esters is 1. The maximum atomic E-state index is 13.7. The molecule has 0 atom stereocenters. The molecule has 0 spiro atoms. The molecule has 0 aliphatic heterocycles. The molecule has 1 heterocycles. The van der Waals surface area contributed by atoms with E-state index in [9.17, 15) is 9.18 Å². The average Bonchev–Trinajstić information content (AvgIpc) is 2.78. The van der Waals surface area contributed by atoms with Gasteiger partial charge in [0.1, 0.15) is 22.9 Å². The number of hydrogen-bond acceptors (Lipinski definition) is 4. The number of aryl methyl sites for hydroxylation is 2. The van der Waals surface area contributed by atoms with Crippen LogP contribution in [0.25, 0.3) is 0 Å². The molecule has 0 aliphatic carbocycles. The zero-order valence-electron chi connectivity index (χ0n) is 11.6. The van der Waals surface area contributed by atoms with Gasteiger partial charge in [0.05, 0.1) is 19.3 Å². The SMILES string of the molecule is COC(=O)c1cc(CNc2ccc(C)cc2F)oc1C. The highest BCUT2D eigenvalue weighted by atomic mass is 19.1. The van der Waals surface area contributed by atoms with Crippen LogP contribution in [0.5, 0.6) is 0 Å². The minimum absolute atomic E-state index is 0.289. The molecule has 0 fully saturated rings. The van der Waals surface area contributed by atoms with Crippen LogP contribution in [0, 0.1) is 19.7 Å². The predicted octanol–water partition coefficient (Wildman–Crippen LogP) is 3.43. The number of ether oxygens (including phenoxy) is 1. The topological polar surface area (TPSA) is 51.5 Å². The van der Waals surface area contributed by atoms with E-state index < -0.39 is 5.97 Å². The minimum Gasteiger partial charge on any atom is -0.465 e. The van der Waals surface area contributed by atoms with Crippen LogP contribution >= 0.6 is 0 Å². The Morgan fingerprint density at radius 2 is 2.10 bits per heavy atom. The Morgan fingerprint density at radius 1 is 1.35 bits per heavy atom. The molecule has 2 aromatic rings. The van der Waals surface area contributed by atoms with Crippen molar-refractivity contribution >= 4 is 11.7 Å². The Hall–Kier alpha value is -2.30. The van der Waals surface area contributed by atoms with Crippen LogP contribution in [-0.4, -0.2) is 13.1 Å². The Bertz CT molecular complexity index is 634. The third-order valence-electron chi connectivity index (χ3n) is 2.95. The van der Waals surface area contributed by atoms with E-state index >= 15 is 0 Å². The molecule has 0 aliphatic rings. The number of carbonyl (C=O) groups is 1. The first-order valence-electron chi connectivity index (χ1n) is 6.19.